The maximum Gasteiger partial charge on any atom is 0.255 e. The van der Waals surface area contributed by atoms with Gasteiger partial charge in [0.05, 0.1) is 19.9 Å². The second-order valence-electron chi connectivity index (χ2n) is 6.44. The fourth-order valence-corrected chi connectivity index (χ4v) is 3.21. The van der Waals surface area contributed by atoms with Crippen LogP contribution in [0, 0.1) is 0 Å². The summed E-state index contributed by atoms with van der Waals surface area (Å²) in [6.07, 6.45) is 3.10. The molecule has 0 radical (unpaired) electrons. The first-order valence-electron chi connectivity index (χ1n) is 9.37. The monoisotopic (exact) mass is 480 g/mol. The highest BCUT2D eigenvalue weighted by Crippen LogP contribution is 2.25. The van der Waals surface area contributed by atoms with Gasteiger partial charge in [-0.25, -0.2) is 0 Å². The highest BCUT2D eigenvalue weighted by molar-refractivity contribution is 9.10. The molecule has 6 nitrogen and oxygen atoms in total. The number of carbonyl (C=O) groups excluding carboxylic acids is 2. The Balaban J connectivity index is 1.63. The quantitative estimate of drug-likeness (QED) is 0.445. The summed E-state index contributed by atoms with van der Waals surface area (Å²) in [6.45, 7) is 0. The van der Waals surface area contributed by atoms with Crippen LogP contribution in [0.1, 0.15) is 15.9 Å². The van der Waals surface area contributed by atoms with Crippen LogP contribution in [-0.4, -0.2) is 26.0 Å². The standard InChI is InChI=1S/C24H21BrN2O4/c1-30-21-13-10-18(25)15-17(21)9-14-23(28)26-19-11-7-16(8-12-19)24(29)27-20-5-3-4-6-22(20)31-2/h3-15H,1-2H3,(H,26,28)(H,27,29)/b14-9+. The van der Waals surface area contributed by atoms with Gasteiger partial charge in [-0.2, -0.15) is 0 Å². The first-order chi connectivity index (χ1) is 15.0. The second-order valence-corrected chi connectivity index (χ2v) is 7.36. The van der Waals surface area contributed by atoms with Gasteiger partial charge in [0.2, 0.25) is 5.91 Å². The minimum absolute atomic E-state index is 0.274. The molecule has 0 saturated heterocycles. The molecular formula is C24H21BrN2O4. The molecule has 0 aliphatic rings. The van der Waals surface area contributed by atoms with Gasteiger partial charge in [0.1, 0.15) is 11.5 Å². The van der Waals surface area contributed by atoms with E-state index in [1.165, 1.54) is 6.08 Å². The third-order valence-electron chi connectivity index (χ3n) is 4.38. The number of hydrogen-bond donors (Lipinski definition) is 2. The number of para-hydroxylation sites is 2. The predicted molar refractivity (Wildman–Crippen MR) is 126 cm³/mol. The number of benzene rings is 3. The van der Waals surface area contributed by atoms with E-state index >= 15 is 0 Å². The normalized spacial score (nSPS) is 10.5. The Labute approximate surface area is 189 Å². The van der Waals surface area contributed by atoms with E-state index in [-0.39, 0.29) is 11.8 Å². The van der Waals surface area contributed by atoms with E-state index in [4.69, 9.17) is 9.47 Å². The lowest BCUT2D eigenvalue weighted by atomic mass is 10.1. The summed E-state index contributed by atoms with van der Waals surface area (Å²) < 4.78 is 11.4. The van der Waals surface area contributed by atoms with E-state index in [2.05, 4.69) is 26.6 Å². The first kappa shape index (κ1) is 22.1. The average Bonchev–Trinajstić information content (AvgIpc) is 2.78. The van der Waals surface area contributed by atoms with Crippen LogP contribution in [0.5, 0.6) is 11.5 Å². The molecular weight excluding hydrogens is 460 g/mol. The van der Waals surface area contributed by atoms with Crippen LogP contribution in [0.25, 0.3) is 6.08 Å². The van der Waals surface area contributed by atoms with E-state index in [0.29, 0.717) is 28.4 Å². The number of methoxy groups -OCH3 is 2. The molecule has 0 heterocycles. The Morgan fingerprint density at radius 3 is 2.29 bits per heavy atom. The smallest absolute Gasteiger partial charge is 0.255 e. The Hall–Kier alpha value is -3.58. The Bertz CT molecular complexity index is 1110. The Morgan fingerprint density at radius 1 is 0.871 bits per heavy atom. The van der Waals surface area contributed by atoms with E-state index in [9.17, 15) is 9.59 Å². The van der Waals surface area contributed by atoms with E-state index in [0.717, 1.165) is 10.0 Å². The van der Waals surface area contributed by atoms with Crippen molar-refractivity contribution in [3.8, 4) is 11.5 Å². The third-order valence-corrected chi connectivity index (χ3v) is 4.87. The molecule has 7 heteroatoms. The van der Waals surface area contributed by atoms with Gasteiger partial charge in [-0.1, -0.05) is 28.1 Å². The van der Waals surface area contributed by atoms with Gasteiger partial charge in [-0.05, 0) is 60.7 Å². The largest absolute Gasteiger partial charge is 0.496 e. The molecule has 0 unspecified atom stereocenters. The van der Waals surface area contributed by atoms with Gasteiger partial charge in [-0.15, -0.1) is 0 Å². The zero-order valence-corrected chi connectivity index (χ0v) is 18.6. The summed E-state index contributed by atoms with van der Waals surface area (Å²) in [5.41, 5.74) is 2.39. The van der Waals surface area contributed by atoms with E-state index in [1.54, 1.807) is 56.7 Å². The molecule has 2 amide bonds. The zero-order valence-electron chi connectivity index (χ0n) is 17.0. The summed E-state index contributed by atoms with van der Waals surface area (Å²) in [7, 11) is 3.12. The SMILES string of the molecule is COc1ccc(Br)cc1/C=C/C(=O)Nc1ccc(C(=O)Nc2ccccc2OC)cc1. The lowest BCUT2D eigenvalue weighted by Gasteiger charge is -2.10. The van der Waals surface area contributed by atoms with Crippen molar-refractivity contribution in [2.45, 2.75) is 0 Å². The van der Waals surface area contributed by atoms with E-state index in [1.807, 2.05) is 30.3 Å². The number of halogens is 1. The minimum atomic E-state index is -0.298. The van der Waals surface area contributed by atoms with Crippen molar-refractivity contribution in [2.75, 3.05) is 24.9 Å². The molecule has 0 fully saturated rings. The summed E-state index contributed by atoms with van der Waals surface area (Å²) in [5, 5.41) is 5.58. The minimum Gasteiger partial charge on any atom is -0.496 e. The molecule has 0 saturated carbocycles. The third kappa shape index (κ3) is 5.96. The highest BCUT2D eigenvalue weighted by atomic mass is 79.9. The van der Waals surface area contributed by atoms with Crippen molar-refractivity contribution in [2.24, 2.45) is 0 Å². The Kier molecular flexibility index (Phi) is 7.45. The van der Waals surface area contributed by atoms with Crippen molar-refractivity contribution in [3.63, 3.8) is 0 Å². The second kappa shape index (κ2) is 10.4. The van der Waals surface area contributed by atoms with Crippen LogP contribution < -0.4 is 20.1 Å². The van der Waals surface area contributed by atoms with Crippen LogP contribution in [0.15, 0.2) is 77.3 Å². The number of nitrogens with one attached hydrogen (secondary N) is 2. The fourth-order valence-electron chi connectivity index (χ4n) is 2.83. The summed E-state index contributed by atoms with van der Waals surface area (Å²) in [4.78, 5) is 24.7. The van der Waals surface area contributed by atoms with Crippen LogP contribution in [0.2, 0.25) is 0 Å². The average molecular weight is 481 g/mol. The van der Waals surface area contributed by atoms with Crippen LogP contribution in [-0.2, 0) is 4.79 Å². The summed E-state index contributed by atoms with van der Waals surface area (Å²) >= 11 is 3.40. The molecule has 0 aromatic heterocycles. The van der Waals surface area contributed by atoms with E-state index < -0.39 is 0 Å². The molecule has 0 aliphatic carbocycles. The lowest BCUT2D eigenvalue weighted by Crippen LogP contribution is -2.13. The van der Waals surface area contributed by atoms with Crippen molar-refractivity contribution < 1.29 is 19.1 Å². The summed E-state index contributed by atoms with van der Waals surface area (Å²) in [5.74, 6) is 0.670. The van der Waals surface area contributed by atoms with Gasteiger partial charge in [-0.3, -0.25) is 9.59 Å². The molecule has 0 spiro atoms. The topological polar surface area (TPSA) is 76.7 Å². The molecule has 3 aromatic rings. The van der Waals surface area contributed by atoms with Gasteiger partial charge < -0.3 is 20.1 Å². The van der Waals surface area contributed by atoms with Crippen molar-refractivity contribution in [1.29, 1.82) is 0 Å². The van der Waals surface area contributed by atoms with Crippen molar-refractivity contribution in [1.82, 2.24) is 0 Å². The number of hydrogen-bond acceptors (Lipinski definition) is 4. The van der Waals surface area contributed by atoms with Gasteiger partial charge in [0.25, 0.3) is 5.91 Å². The summed E-state index contributed by atoms with van der Waals surface area (Å²) in [6, 6.07) is 19.3. The zero-order chi connectivity index (χ0) is 22.2. The Morgan fingerprint density at radius 2 is 1.58 bits per heavy atom. The number of amides is 2. The van der Waals surface area contributed by atoms with Gasteiger partial charge >= 0.3 is 0 Å². The maximum absolute atomic E-state index is 12.5. The highest BCUT2D eigenvalue weighted by Gasteiger charge is 2.10. The maximum atomic E-state index is 12.5. The van der Waals surface area contributed by atoms with Crippen molar-refractivity contribution >= 4 is 45.2 Å². The molecule has 158 valence electrons. The van der Waals surface area contributed by atoms with Crippen LogP contribution in [0.3, 0.4) is 0 Å². The molecule has 0 aliphatic heterocycles. The van der Waals surface area contributed by atoms with Crippen molar-refractivity contribution in [3.05, 3.63) is 88.4 Å². The molecule has 0 atom stereocenters. The van der Waals surface area contributed by atoms with Gasteiger partial charge in [0.15, 0.2) is 0 Å². The molecule has 3 aromatic carbocycles. The fraction of sp³-hybridized carbons (Fsp3) is 0.0833. The molecule has 31 heavy (non-hydrogen) atoms. The lowest BCUT2D eigenvalue weighted by molar-refractivity contribution is -0.111. The number of carbonyl (C=O) groups is 2. The van der Waals surface area contributed by atoms with Gasteiger partial charge in [0, 0.05) is 27.4 Å². The van der Waals surface area contributed by atoms with Crippen LogP contribution >= 0.6 is 15.9 Å². The number of anilines is 2. The van der Waals surface area contributed by atoms with Crippen LogP contribution in [0.4, 0.5) is 11.4 Å². The predicted octanol–water partition coefficient (Wildman–Crippen LogP) is 5.37. The molecule has 0 bridgehead atoms. The number of ether oxygens (including phenoxy) is 2. The molecule has 3 rings (SSSR count). The molecule has 2 N–H and O–H groups in total. The first-order valence-corrected chi connectivity index (χ1v) is 10.2. The number of rotatable bonds is 7.